The van der Waals surface area contributed by atoms with Crippen molar-refractivity contribution in [2.45, 2.75) is 52.1 Å². The van der Waals surface area contributed by atoms with Crippen LogP contribution >= 0.6 is 0 Å². The van der Waals surface area contributed by atoms with Crippen LogP contribution in [0.4, 0.5) is 0 Å². The molecule has 0 aliphatic carbocycles. The molecular formula is C16H28N2. The van der Waals surface area contributed by atoms with Gasteiger partial charge in [0.25, 0.3) is 0 Å². The minimum absolute atomic E-state index is 0.505. The summed E-state index contributed by atoms with van der Waals surface area (Å²) in [5.74, 6) is 0. The van der Waals surface area contributed by atoms with Gasteiger partial charge in [-0.3, -0.25) is 4.90 Å². The topological polar surface area (TPSA) is 29.3 Å². The molecule has 0 aromatic heterocycles. The molecule has 18 heavy (non-hydrogen) atoms. The Hall–Kier alpha value is -0.860. The van der Waals surface area contributed by atoms with Gasteiger partial charge < -0.3 is 5.73 Å². The van der Waals surface area contributed by atoms with E-state index < -0.39 is 0 Å². The maximum absolute atomic E-state index is 5.96. The van der Waals surface area contributed by atoms with Gasteiger partial charge in [0.2, 0.25) is 0 Å². The van der Waals surface area contributed by atoms with E-state index in [-0.39, 0.29) is 0 Å². The zero-order chi connectivity index (χ0) is 13.4. The lowest BCUT2D eigenvalue weighted by Gasteiger charge is -2.34. The van der Waals surface area contributed by atoms with E-state index in [1.165, 1.54) is 12.0 Å². The Labute approximate surface area is 112 Å². The molecule has 1 aromatic carbocycles. The van der Waals surface area contributed by atoms with E-state index in [9.17, 15) is 0 Å². The molecule has 2 N–H and O–H groups in total. The predicted molar refractivity (Wildman–Crippen MR) is 79.7 cm³/mol. The molecule has 0 radical (unpaired) electrons. The zero-order valence-corrected chi connectivity index (χ0v) is 12.1. The molecule has 0 bridgehead atoms. The molecule has 0 saturated heterocycles. The lowest BCUT2D eigenvalue weighted by Crippen LogP contribution is -2.45. The van der Waals surface area contributed by atoms with Crippen molar-refractivity contribution in [3.63, 3.8) is 0 Å². The highest BCUT2D eigenvalue weighted by molar-refractivity contribution is 5.14. The van der Waals surface area contributed by atoms with Gasteiger partial charge in [0, 0.05) is 18.6 Å². The van der Waals surface area contributed by atoms with Crippen LogP contribution in [0.3, 0.4) is 0 Å². The highest BCUT2D eigenvalue weighted by atomic mass is 15.2. The smallest absolute Gasteiger partial charge is 0.0224 e. The van der Waals surface area contributed by atoms with Crippen molar-refractivity contribution < 1.29 is 0 Å². The van der Waals surface area contributed by atoms with Gasteiger partial charge in [-0.05, 0) is 38.3 Å². The Kier molecular flexibility index (Phi) is 6.99. The molecule has 0 spiro atoms. The van der Waals surface area contributed by atoms with Crippen LogP contribution in [0, 0.1) is 0 Å². The van der Waals surface area contributed by atoms with Gasteiger partial charge in [-0.1, -0.05) is 44.2 Å². The number of nitrogens with two attached hydrogens (primary N) is 1. The summed E-state index contributed by atoms with van der Waals surface area (Å²) in [6.07, 6.45) is 3.46. The molecular weight excluding hydrogens is 220 g/mol. The van der Waals surface area contributed by atoms with E-state index in [0.29, 0.717) is 12.1 Å². The van der Waals surface area contributed by atoms with E-state index in [0.717, 1.165) is 25.9 Å². The lowest BCUT2D eigenvalue weighted by atomic mass is 10.0. The number of rotatable bonds is 8. The van der Waals surface area contributed by atoms with Gasteiger partial charge in [0.1, 0.15) is 0 Å². The number of aryl methyl sites for hydroxylation is 1. The average Bonchev–Trinajstić information content (AvgIpc) is 2.43. The van der Waals surface area contributed by atoms with Crippen LogP contribution in [-0.2, 0) is 6.42 Å². The molecule has 0 fully saturated rings. The van der Waals surface area contributed by atoms with Gasteiger partial charge >= 0.3 is 0 Å². The summed E-state index contributed by atoms with van der Waals surface area (Å²) < 4.78 is 0. The third-order valence-electron chi connectivity index (χ3n) is 3.87. The zero-order valence-electron chi connectivity index (χ0n) is 12.1. The van der Waals surface area contributed by atoms with E-state index >= 15 is 0 Å². The summed E-state index contributed by atoms with van der Waals surface area (Å²) >= 11 is 0. The monoisotopic (exact) mass is 248 g/mol. The quantitative estimate of drug-likeness (QED) is 0.766. The Morgan fingerprint density at radius 3 is 2.33 bits per heavy atom. The number of likely N-dealkylation sites (N-methyl/N-ethyl adjacent to an activating group) is 1. The van der Waals surface area contributed by atoms with Crippen LogP contribution in [-0.4, -0.2) is 30.1 Å². The molecule has 2 atom stereocenters. The second-order valence-electron chi connectivity index (χ2n) is 5.00. The summed E-state index contributed by atoms with van der Waals surface area (Å²) in [4.78, 5) is 2.54. The summed E-state index contributed by atoms with van der Waals surface area (Å²) in [6, 6.07) is 11.8. The first-order chi connectivity index (χ1) is 8.72. The SMILES string of the molecule is CCC(C)N(CC)C(CN)CCc1ccccc1. The summed E-state index contributed by atoms with van der Waals surface area (Å²) in [5, 5.41) is 0. The highest BCUT2D eigenvalue weighted by Gasteiger charge is 2.19. The minimum Gasteiger partial charge on any atom is -0.329 e. The van der Waals surface area contributed by atoms with Crippen LogP contribution in [0.15, 0.2) is 30.3 Å². The molecule has 0 aliphatic heterocycles. The van der Waals surface area contributed by atoms with Crippen molar-refractivity contribution in [1.29, 1.82) is 0 Å². The second-order valence-corrected chi connectivity index (χ2v) is 5.00. The molecule has 2 unspecified atom stereocenters. The first-order valence-corrected chi connectivity index (χ1v) is 7.22. The largest absolute Gasteiger partial charge is 0.329 e. The van der Waals surface area contributed by atoms with Crippen LogP contribution in [0.5, 0.6) is 0 Å². The second kappa shape index (κ2) is 8.28. The van der Waals surface area contributed by atoms with Crippen molar-refractivity contribution in [1.82, 2.24) is 4.90 Å². The molecule has 0 saturated carbocycles. The van der Waals surface area contributed by atoms with E-state index in [2.05, 4.69) is 56.0 Å². The van der Waals surface area contributed by atoms with Gasteiger partial charge in [-0.15, -0.1) is 0 Å². The highest BCUT2D eigenvalue weighted by Crippen LogP contribution is 2.14. The predicted octanol–water partition coefficient (Wildman–Crippen LogP) is 3.07. The van der Waals surface area contributed by atoms with E-state index in [1.54, 1.807) is 0 Å². The van der Waals surface area contributed by atoms with Gasteiger partial charge in [-0.25, -0.2) is 0 Å². The summed E-state index contributed by atoms with van der Waals surface area (Å²) in [5.41, 5.74) is 7.38. The summed E-state index contributed by atoms with van der Waals surface area (Å²) in [6.45, 7) is 8.63. The molecule has 0 amide bonds. The Morgan fingerprint density at radius 2 is 1.83 bits per heavy atom. The molecule has 2 heteroatoms. The maximum Gasteiger partial charge on any atom is 0.0224 e. The minimum atomic E-state index is 0.505. The average molecular weight is 248 g/mol. The van der Waals surface area contributed by atoms with Gasteiger partial charge in [0.05, 0.1) is 0 Å². The van der Waals surface area contributed by atoms with Crippen molar-refractivity contribution in [2.75, 3.05) is 13.1 Å². The van der Waals surface area contributed by atoms with Crippen LogP contribution in [0.2, 0.25) is 0 Å². The first kappa shape index (κ1) is 15.2. The van der Waals surface area contributed by atoms with E-state index in [4.69, 9.17) is 5.73 Å². The molecule has 102 valence electrons. The number of benzene rings is 1. The first-order valence-electron chi connectivity index (χ1n) is 7.22. The normalized spacial score (nSPS) is 14.7. The van der Waals surface area contributed by atoms with E-state index in [1.807, 2.05) is 0 Å². The Morgan fingerprint density at radius 1 is 1.17 bits per heavy atom. The fourth-order valence-corrected chi connectivity index (χ4v) is 2.56. The summed E-state index contributed by atoms with van der Waals surface area (Å²) in [7, 11) is 0. The third kappa shape index (κ3) is 4.43. The van der Waals surface area contributed by atoms with Crippen molar-refractivity contribution in [3.05, 3.63) is 35.9 Å². The number of hydrogen-bond acceptors (Lipinski definition) is 2. The Balaban J connectivity index is 2.55. The molecule has 1 rings (SSSR count). The van der Waals surface area contributed by atoms with Crippen molar-refractivity contribution in [3.8, 4) is 0 Å². The Bertz CT molecular complexity index is 310. The van der Waals surface area contributed by atoms with Crippen LogP contribution in [0.25, 0.3) is 0 Å². The van der Waals surface area contributed by atoms with Gasteiger partial charge in [0.15, 0.2) is 0 Å². The maximum atomic E-state index is 5.96. The molecule has 1 aromatic rings. The number of nitrogens with zero attached hydrogens (tertiary/aromatic N) is 1. The molecule has 0 aliphatic rings. The van der Waals surface area contributed by atoms with Crippen LogP contribution < -0.4 is 5.73 Å². The van der Waals surface area contributed by atoms with Crippen molar-refractivity contribution >= 4 is 0 Å². The number of hydrogen-bond donors (Lipinski definition) is 1. The molecule has 2 nitrogen and oxygen atoms in total. The molecule has 0 heterocycles. The third-order valence-corrected chi connectivity index (χ3v) is 3.87. The fourth-order valence-electron chi connectivity index (χ4n) is 2.56. The fraction of sp³-hybridized carbons (Fsp3) is 0.625. The van der Waals surface area contributed by atoms with Gasteiger partial charge in [-0.2, -0.15) is 0 Å². The van der Waals surface area contributed by atoms with Crippen molar-refractivity contribution in [2.24, 2.45) is 5.73 Å². The standard InChI is InChI=1S/C16H28N2/c1-4-14(3)18(5-2)16(13-17)12-11-15-9-7-6-8-10-15/h6-10,14,16H,4-5,11-13,17H2,1-3H3. The van der Waals surface area contributed by atoms with Crippen LogP contribution in [0.1, 0.15) is 39.2 Å². The lowest BCUT2D eigenvalue weighted by molar-refractivity contribution is 0.144.